The maximum Gasteiger partial charge on any atom is 0.262 e. The van der Waals surface area contributed by atoms with Crippen molar-refractivity contribution < 1.29 is 28.7 Å². The number of hydrogen-bond acceptors (Lipinski definition) is 9. The van der Waals surface area contributed by atoms with E-state index >= 15 is 0 Å². The van der Waals surface area contributed by atoms with Crippen molar-refractivity contribution in [1.82, 2.24) is 24.8 Å². The first-order valence-corrected chi connectivity index (χ1v) is 14.7. The molecule has 0 spiro atoms. The van der Waals surface area contributed by atoms with Crippen LogP contribution in [-0.2, 0) is 16.1 Å². The van der Waals surface area contributed by atoms with Gasteiger partial charge in [-0.05, 0) is 66.1 Å². The lowest BCUT2D eigenvalue weighted by atomic mass is 9.92. The van der Waals surface area contributed by atoms with E-state index in [4.69, 9.17) is 9.47 Å². The van der Waals surface area contributed by atoms with E-state index in [1.807, 2.05) is 18.2 Å². The van der Waals surface area contributed by atoms with Crippen molar-refractivity contribution in [3.8, 4) is 56.3 Å². The molecule has 0 N–H and O–H groups in total. The van der Waals surface area contributed by atoms with E-state index in [2.05, 4.69) is 10.3 Å². The molecule has 4 aromatic carbocycles. The minimum absolute atomic E-state index is 0.00841. The number of likely N-dealkylation sites (tertiary alicyclic amines) is 1. The Hall–Kier alpha value is -5.91. The van der Waals surface area contributed by atoms with Gasteiger partial charge in [-0.3, -0.25) is 33.8 Å². The number of rotatable bonds is 6. The van der Waals surface area contributed by atoms with Crippen molar-refractivity contribution in [1.29, 1.82) is 0 Å². The number of aromatic nitrogens is 3. The van der Waals surface area contributed by atoms with E-state index in [1.54, 1.807) is 61.4 Å². The summed E-state index contributed by atoms with van der Waals surface area (Å²) >= 11 is 0. The van der Waals surface area contributed by atoms with Crippen molar-refractivity contribution in [3.63, 3.8) is 0 Å². The molecule has 12 nitrogen and oxygen atoms in total. The zero-order valence-corrected chi connectivity index (χ0v) is 24.8. The number of amides is 4. The first-order valence-electron chi connectivity index (χ1n) is 14.7. The van der Waals surface area contributed by atoms with Crippen LogP contribution in [-0.4, -0.2) is 75.2 Å². The Kier molecular flexibility index (Phi) is 6.04. The summed E-state index contributed by atoms with van der Waals surface area (Å²) in [6.07, 6.45) is 0.0428. The Morgan fingerprint density at radius 3 is 1.98 bits per heavy atom. The highest BCUT2D eigenvalue weighted by Crippen LogP contribution is 2.49. The van der Waals surface area contributed by atoms with Crippen LogP contribution < -0.4 is 14.9 Å². The number of hydrogen-bond donors (Lipinski definition) is 0. The average Bonchev–Trinajstić information content (AvgIpc) is 3.42. The monoisotopic (exact) mass is 615 g/mol. The number of imide groups is 2. The number of fused-ring (bicyclic) bond motifs is 9. The molecule has 2 aliphatic heterocycles. The van der Waals surface area contributed by atoms with Crippen molar-refractivity contribution in [2.24, 2.45) is 0 Å². The van der Waals surface area contributed by atoms with Crippen LogP contribution >= 0.6 is 0 Å². The molecule has 4 amide bonds. The third-order valence-electron chi connectivity index (χ3n) is 9.04. The number of carbonyl (C=O) groups is 4. The van der Waals surface area contributed by atoms with Crippen molar-refractivity contribution in [3.05, 3.63) is 82.0 Å². The number of nitrogens with zero attached hydrogens (tertiary/aromatic N) is 5. The van der Waals surface area contributed by atoms with Crippen molar-refractivity contribution in [2.45, 2.75) is 25.4 Å². The summed E-state index contributed by atoms with van der Waals surface area (Å²) in [6.45, 7) is -0.0191. The first-order chi connectivity index (χ1) is 22.3. The summed E-state index contributed by atoms with van der Waals surface area (Å²) in [6, 6.07) is 16.2. The molecular weight excluding hydrogens is 590 g/mol. The number of methoxy groups -OCH3 is 2. The van der Waals surface area contributed by atoms with Gasteiger partial charge in [0.1, 0.15) is 23.2 Å². The Bertz CT molecular complexity index is 2140. The van der Waals surface area contributed by atoms with Gasteiger partial charge in [-0.25, -0.2) is 4.68 Å². The van der Waals surface area contributed by atoms with Crippen LogP contribution in [0.2, 0.25) is 0 Å². The van der Waals surface area contributed by atoms with Crippen LogP contribution in [0.5, 0.6) is 11.5 Å². The number of carbonyl (C=O) groups excluding carboxylic acids is 4. The molecular formula is C34H25N5O7. The molecule has 0 saturated carbocycles. The fraction of sp³-hybridized carbons (Fsp3) is 0.206. The van der Waals surface area contributed by atoms with Gasteiger partial charge in [0.05, 0.1) is 37.6 Å². The third kappa shape index (κ3) is 3.89. The van der Waals surface area contributed by atoms with E-state index in [1.165, 1.54) is 0 Å². The highest BCUT2D eigenvalue weighted by molar-refractivity contribution is 6.23. The normalized spacial score (nSPS) is 16.9. The number of piperidine rings is 1. The van der Waals surface area contributed by atoms with Gasteiger partial charge in [0.25, 0.3) is 17.7 Å². The molecule has 3 aliphatic rings. The molecule has 1 aromatic heterocycles. The third-order valence-corrected chi connectivity index (χ3v) is 9.04. The topological polar surface area (TPSA) is 141 Å². The molecule has 8 rings (SSSR count). The Morgan fingerprint density at radius 2 is 1.35 bits per heavy atom. The quantitative estimate of drug-likeness (QED) is 0.258. The second kappa shape index (κ2) is 10.1. The Balaban J connectivity index is 1.17. The lowest BCUT2D eigenvalue weighted by molar-refractivity contribution is -0.151. The standard InChI is InChI=1S/C34H25N5O7/c1-45-17-7-9-19-23(15-17)29-30(24-16-18(46-2)8-10-20(24)28-27(19)31(28)41)38(36-35-29)14-13-37-26(40)12-11-25(34(37)44)39-32(42)21-5-3-4-6-22(21)33(39)43/h3-10,15-16,25H,11-14H2,1-2H3. The predicted molar refractivity (Wildman–Crippen MR) is 164 cm³/mol. The Labute approximate surface area is 261 Å². The van der Waals surface area contributed by atoms with E-state index in [0.717, 1.165) is 9.80 Å². The molecule has 1 atom stereocenters. The number of benzene rings is 3. The molecule has 3 heterocycles. The summed E-state index contributed by atoms with van der Waals surface area (Å²) in [5.41, 5.74) is 5.40. The summed E-state index contributed by atoms with van der Waals surface area (Å²) in [5.74, 6) is -0.989. The molecule has 5 aromatic rings. The molecule has 1 saturated heterocycles. The second-order valence-corrected chi connectivity index (χ2v) is 11.4. The Morgan fingerprint density at radius 1 is 0.739 bits per heavy atom. The van der Waals surface area contributed by atoms with E-state index in [9.17, 15) is 24.0 Å². The minimum Gasteiger partial charge on any atom is -0.497 e. The van der Waals surface area contributed by atoms with E-state index in [0.29, 0.717) is 56.3 Å². The molecule has 1 unspecified atom stereocenters. The van der Waals surface area contributed by atoms with Gasteiger partial charge in [0, 0.05) is 35.2 Å². The van der Waals surface area contributed by atoms with Crippen LogP contribution in [0.15, 0.2) is 65.5 Å². The largest absolute Gasteiger partial charge is 0.497 e. The van der Waals surface area contributed by atoms with Gasteiger partial charge >= 0.3 is 0 Å². The summed E-state index contributed by atoms with van der Waals surface area (Å²) in [5, 5.41) is 8.97. The molecule has 228 valence electrons. The second-order valence-electron chi connectivity index (χ2n) is 11.4. The van der Waals surface area contributed by atoms with Crippen molar-refractivity contribution in [2.75, 3.05) is 20.8 Å². The van der Waals surface area contributed by atoms with E-state index in [-0.39, 0.29) is 42.5 Å². The zero-order chi connectivity index (χ0) is 31.9. The van der Waals surface area contributed by atoms with Crippen LogP contribution in [0.3, 0.4) is 0 Å². The van der Waals surface area contributed by atoms with Gasteiger partial charge in [-0.15, -0.1) is 5.10 Å². The van der Waals surface area contributed by atoms with Gasteiger partial charge < -0.3 is 9.47 Å². The smallest absolute Gasteiger partial charge is 0.262 e. The maximum absolute atomic E-state index is 13.8. The molecule has 1 fully saturated rings. The summed E-state index contributed by atoms with van der Waals surface area (Å²) < 4.78 is 12.6. The summed E-state index contributed by atoms with van der Waals surface area (Å²) in [7, 11) is 3.10. The van der Waals surface area contributed by atoms with Crippen LogP contribution in [0.4, 0.5) is 0 Å². The first kappa shape index (κ1) is 27.6. The zero-order valence-electron chi connectivity index (χ0n) is 24.8. The van der Waals surface area contributed by atoms with Gasteiger partial charge in [0.15, 0.2) is 5.43 Å². The molecule has 1 aliphatic carbocycles. The average molecular weight is 616 g/mol. The van der Waals surface area contributed by atoms with Crippen LogP contribution in [0.1, 0.15) is 33.6 Å². The number of ether oxygens (including phenoxy) is 2. The fourth-order valence-electron chi connectivity index (χ4n) is 6.71. The van der Waals surface area contributed by atoms with Crippen LogP contribution in [0.25, 0.3) is 44.8 Å². The molecule has 0 bridgehead atoms. The molecule has 12 heteroatoms. The van der Waals surface area contributed by atoms with Gasteiger partial charge in [0.2, 0.25) is 5.91 Å². The fourth-order valence-corrected chi connectivity index (χ4v) is 6.71. The van der Waals surface area contributed by atoms with Gasteiger partial charge in [-0.2, -0.15) is 0 Å². The minimum atomic E-state index is -1.10. The predicted octanol–water partition coefficient (Wildman–Crippen LogP) is 3.33. The van der Waals surface area contributed by atoms with Crippen molar-refractivity contribution >= 4 is 23.6 Å². The maximum atomic E-state index is 13.8. The SMILES string of the molecule is COc1ccc2c(c1)-c1nnn(CCN3C(=O)CCC(N4C(=O)c5ccccc5C4=O)C3=O)c1-c1cc(OC)ccc1-c1c-2c1=O. The van der Waals surface area contributed by atoms with Crippen LogP contribution in [0, 0.1) is 0 Å². The molecule has 0 radical (unpaired) electrons. The highest BCUT2D eigenvalue weighted by Gasteiger charge is 2.47. The van der Waals surface area contributed by atoms with Gasteiger partial charge in [-0.1, -0.05) is 17.3 Å². The molecule has 46 heavy (non-hydrogen) atoms. The lowest BCUT2D eigenvalue weighted by Crippen LogP contribution is -2.56. The highest BCUT2D eigenvalue weighted by atomic mass is 16.5. The lowest BCUT2D eigenvalue weighted by Gasteiger charge is -2.34. The summed E-state index contributed by atoms with van der Waals surface area (Å²) in [4.78, 5) is 68.4. The van der Waals surface area contributed by atoms with E-state index < -0.39 is 29.7 Å².